The summed E-state index contributed by atoms with van der Waals surface area (Å²) in [5, 5.41) is 3.10. The number of aryl methyl sites for hydroxylation is 1. The summed E-state index contributed by atoms with van der Waals surface area (Å²) in [6, 6.07) is 5.91. The average Bonchev–Trinajstić information content (AvgIpc) is 3.05. The monoisotopic (exact) mass is 286 g/mol. The van der Waals surface area contributed by atoms with Gasteiger partial charge in [-0.1, -0.05) is 6.92 Å². The van der Waals surface area contributed by atoms with Crippen LogP contribution in [0.5, 0.6) is 0 Å². The van der Waals surface area contributed by atoms with Crippen molar-refractivity contribution in [2.24, 2.45) is 0 Å². The van der Waals surface area contributed by atoms with Crippen LogP contribution in [0.2, 0.25) is 0 Å². The molecule has 0 bridgehead atoms. The van der Waals surface area contributed by atoms with E-state index in [-0.39, 0.29) is 5.54 Å². The normalized spacial score (nSPS) is 12.2. The lowest BCUT2D eigenvalue weighted by molar-refractivity contribution is 0.431. The highest BCUT2D eigenvalue weighted by Crippen LogP contribution is 2.33. The largest absolute Gasteiger partial charge is 0.399 e. The van der Waals surface area contributed by atoms with Gasteiger partial charge in [-0.2, -0.15) is 0 Å². The summed E-state index contributed by atoms with van der Waals surface area (Å²) in [6.07, 6.45) is 2.73. The van der Waals surface area contributed by atoms with Crippen LogP contribution < -0.4 is 5.73 Å². The molecular formula is C15H18N4S. The fraction of sp³-hybridized carbons (Fsp3) is 0.333. The molecule has 5 heteroatoms. The van der Waals surface area contributed by atoms with Crippen LogP contribution in [0, 0.1) is 0 Å². The van der Waals surface area contributed by atoms with E-state index in [1.165, 1.54) is 0 Å². The summed E-state index contributed by atoms with van der Waals surface area (Å²) in [5.41, 5.74) is 8.46. The Morgan fingerprint density at radius 1 is 1.35 bits per heavy atom. The predicted molar refractivity (Wildman–Crippen MR) is 84.1 cm³/mol. The number of imidazole rings is 1. The Hall–Kier alpha value is -1.88. The number of hydrogen-bond acceptors (Lipinski definition) is 4. The van der Waals surface area contributed by atoms with Crippen molar-refractivity contribution in [1.29, 1.82) is 0 Å². The van der Waals surface area contributed by atoms with Crippen LogP contribution in [0.1, 0.15) is 31.6 Å². The molecule has 20 heavy (non-hydrogen) atoms. The summed E-state index contributed by atoms with van der Waals surface area (Å²) in [4.78, 5) is 9.22. The smallest absolute Gasteiger partial charge is 0.118 e. The highest BCUT2D eigenvalue weighted by atomic mass is 32.1. The average molecular weight is 286 g/mol. The zero-order chi connectivity index (χ0) is 14.3. The Morgan fingerprint density at radius 2 is 2.15 bits per heavy atom. The van der Waals surface area contributed by atoms with Gasteiger partial charge in [0.25, 0.3) is 0 Å². The molecule has 0 spiro atoms. The van der Waals surface area contributed by atoms with Gasteiger partial charge in [0.15, 0.2) is 0 Å². The van der Waals surface area contributed by atoms with Crippen LogP contribution in [0.3, 0.4) is 0 Å². The summed E-state index contributed by atoms with van der Waals surface area (Å²) < 4.78 is 2.28. The zero-order valence-electron chi connectivity index (χ0n) is 11.9. The molecule has 104 valence electrons. The number of aromatic nitrogens is 3. The fourth-order valence-corrected chi connectivity index (χ4v) is 3.38. The zero-order valence-corrected chi connectivity index (χ0v) is 12.7. The fourth-order valence-electron chi connectivity index (χ4n) is 2.63. The summed E-state index contributed by atoms with van der Waals surface area (Å²) in [7, 11) is 0. The minimum Gasteiger partial charge on any atom is -0.399 e. The van der Waals surface area contributed by atoms with Crippen molar-refractivity contribution >= 4 is 28.1 Å². The molecule has 2 N–H and O–H groups in total. The lowest BCUT2D eigenvalue weighted by Gasteiger charge is -2.27. The van der Waals surface area contributed by atoms with Gasteiger partial charge in [0, 0.05) is 23.7 Å². The number of nitrogens with two attached hydrogens (primary N) is 1. The molecule has 0 unspecified atom stereocenters. The van der Waals surface area contributed by atoms with E-state index in [0.29, 0.717) is 0 Å². The SMILES string of the molecule is CCc1nc2cc(N)ccc2n1C(C)(C)c1nccs1. The van der Waals surface area contributed by atoms with Gasteiger partial charge < -0.3 is 10.3 Å². The third-order valence-corrected chi connectivity index (χ3v) is 4.66. The quantitative estimate of drug-likeness (QED) is 0.751. The molecular weight excluding hydrogens is 268 g/mol. The third-order valence-electron chi connectivity index (χ3n) is 3.58. The van der Waals surface area contributed by atoms with Gasteiger partial charge in [0.2, 0.25) is 0 Å². The number of nitrogens with zero attached hydrogens (tertiary/aromatic N) is 3. The number of hydrogen-bond donors (Lipinski definition) is 1. The number of rotatable bonds is 3. The summed E-state index contributed by atoms with van der Waals surface area (Å²) in [5.74, 6) is 1.06. The topological polar surface area (TPSA) is 56.7 Å². The Bertz CT molecular complexity index is 741. The van der Waals surface area contributed by atoms with Crippen molar-refractivity contribution < 1.29 is 0 Å². The predicted octanol–water partition coefficient (Wildman–Crippen LogP) is 3.42. The van der Waals surface area contributed by atoms with Gasteiger partial charge in [-0.15, -0.1) is 11.3 Å². The van der Waals surface area contributed by atoms with Crippen LogP contribution in [0.4, 0.5) is 5.69 Å². The molecule has 3 aromatic rings. The van der Waals surface area contributed by atoms with Crippen molar-refractivity contribution in [2.75, 3.05) is 5.73 Å². The molecule has 3 rings (SSSR count). The van der Waals surface area contributed by atoms with Crippen molar-refractivity contribution in [1.82, 2.24) is 14.5 Å². The molecule has 4 nitrogen and oxygen atoms in total. The molecule has 1 aromatic carbocycles. The van der Waals surface area contributed by atoms with E-state index in [2.05, 4.69) is 30.3 Å². The minimum atomic E-state index is -0.218. The van der Waals surface area contributed by atoms with Crippen LogP contribution in [0.25, 0.3) is 11.0 Å². The van der Waals surface area contributed by atoms with E-state index in [1.807, 2.05) is 29.8 Å². The Balaban J connectivity index is 2.29. The van der Waals surface area contributed by atoms with Crippen LogP contribution in [-0.2, 0) is 12.0 Å². The number of fused-ring (bicyclic) bond motifs is 1. The van der Waals surface area contributed by atoms with E-state index < -0.39 is 0 Å². The molecule has 0 radical (unpaired) electrons. The molecule has 0 aliphatic heterocycles. The highest BCUT2D eigenvalue weighted by molar-refractivity contribution is 7.09. The van der Waals surface area contributed by atoms with Crippen LogP contribution in [-0.4, -0.2) is 14.5 Å². The number of benzene rings is 1. The summed E-state index contributed by atoms with van der Waals surface area (Å²) >= 11 is 1.67. The molecule has 0 aliphatic rings. The first-order valence-corrected chi connectivity index (χ1v) is 7.59. The first-order valence-electron chi connectivity index (χ1n) is 6.71. The number of thiazole rings is 1. The Morgan fingerprint density at radius 3 is 2.80 bits per heavy atom. The van der Waals surface area contributed by atoms with Gasteiger partial charge in [0.1, 0.15) is 10.8 Å². The van der Waals surface area contributed by atoms with E-state index in [4.69, 9.17) is 10.7 Å². The molecule has 0 aliphatic carbocycles. The molecule has 0 fully saturated rings. The molecule has 2 aromatic heterocycles. The van der Waals surface area contributed by atoms with Crippen molar-refractivity contribution in [2.45, 2.75) is 32.7 Å². The number of anilines is 1. The Labute approximate surface area is 122 Å². The third kappa shape index (κ3) is 1.89. The molecule has 0 atom stereocenters. The molecule has 0 saturated carbocycles. The van der Waals surface area contributed by atoms with Gasteiger partial charge in [-0.05, 0) is 32.0 Å². The van der Waals surface area contributed by atoms with Crippen molar-refractivity contribution in [3.05, 3.63) is 40.6 Å². The molecule has 0 amide bonds. The van der Waals surface area contributed by atoms with Gasteiger partial charge in [-0.3, -0.25) is 0 Å². The maximum atomic E-state index is 5.87. The molecule has 0 saturated heterocycles. The van der Waals surface area contributed by atoms with E-state index in [1.54, 1.807) is 11.3 Å². The first kappa shape index (κ1) is 13.1. The second-order valence-electron chi connectivity index (χ2n) is 5.36. The van der Waals surface area contributed by atoms with Crippen LogP contribution in [0.15, 0.2) is 29.8 Å². The lowest BCUT2D eigenvalue weighted by atomic mass is 10.1. The lowest BCUT2D eigenvalue weighted by Crippen LogP contribution is -2.29. The minimum absolute atomic E-state index is 0.218. The highest BCUT2D eigenvalue weighted by Gasteiger charge is 2.29. The standard InChI is InChI=1S/C15H18N4S/c1-4-13-18-11-9-10(16)5-6-12(11)19(13)15(2,3)14-17-7-8-20-14/h5-9H,4,16H2,1-3H3. The van der Waals surface area contributed by atoms with Gasteiger partial charge in [-0.25, -0.2) is 9.97 Å². The van der Waals surface area contributed by atoms with Crippen molar-refractivity contribution in [3.63, 3.8) is 0 Å². The second-order valence-corrected chi connectivity index (χ2v) is 6.26. The number of nitrogen functional groups attached to an aromatic ring is 1. The maximum Gasteiger partial charge on any atom is 0.118 e. The van der Waals surface area contributed by atoms with Gasteiger partial charge in [0.05, 0.1) is 16.6 Å². The maximum absolute atomic E-state index is 5.87. The van der Waals surface area contributed by atoms with E-state index >= 15 is 0 Å². The molecule has 2 heterocycles. The van der Waals surface area contributed by atoms with E-state index in [9.17, 15) is 0 Å². The van der Waals surface area contributed by atoms with Gasteiger partial charge >= 0.3 is 0 Å². The Kier molecular flexibility index (Phi) is 3.01. The van der Waals surface area contributed by atoms with Crippen LogP contribution >= 0.6 is 11.3 Å². The van der Waals surface area contributed by atoms with Crippen molar-refractivity contribution in [3.8, 4) is 0 Å². The second kappa shape index (κ2) is 4.59. The van der Waals surface area contributed by atoms with E-state index in [0.717, 1.165) is 34.0 Å². The first-order chi connectivity index (χ1) is 9.54. The summed E-state index contributed by atoms with van der Waals surface area (Å²) in [6.45, 7) is 6.49.